The minimum Gasteiger partial charge on any atom is -0.493 e. The van der Waals surface area contributed by atoms with E-state index in [9.17, 15) is 13.2 Å². The molecule has 1 aromatic carbocycles. The molecule has 2 aliphatic heterocycles. The van der Waals surface area contributed by atoms with Gasteiger partial charge >= 0.3 is 6.18 Å². The monoisotopic (exact) mass is 447 g/mol. The van der Waals surface area contributed by atoms with Gasteiger partial charge in [-0.25, -0.2) is 0 Å². The Bertz CT molecular complexity index is 932. The molecular weight excluding hydrogens is 419 g/mol. The van der Waals surface area contributed by atoms with Gasteiger partial charge in [0.1, 0.15) is 5.75 Å². The molecule has 3 aliphatic rings. The number of alkyl halides is 3. The van der Waals surface area contributed by atoms with Gasteiger partial charge in [-0.15, -0.1) is 5.10 Å². The highest BCUT2D eigenvalue weighted by Crippen LogP contribution is 2.40. The molecule has 2 aromatic rings. The van der Waals surface area contributed by atoms with Crippen LogP contribution in [-0.2, 0) is 17.3 Å². The lowest BCUT2D eigenvalue weighted by Gasteiger charge is -2.47. The summed E-state index contributed by atoms with van der Waals surface area (Å²) in [6.45, 7) is 5.31. The number of rotatable bonds is 6. The van der Waals surface area contributed by atoms with Gasteiger partial charge in [0.25, 0.3) is 0 Å². The first-order valence-corrected chi connectivity index (χ1v) is 11.3. The maximum Gasteiger partial charge on any atom is 0.416 e. The number of hydrogen-bond acceptors (Lipinski definition) is 5. The number of piperidine rings is 1. The van der Waals surface area contributed by atoms with Crippen molar-refractivity contribution in [1.82, 2.24) is 10.2 Å². The zero-order valence-electron chi connectivity index (χ0n) is 18.1. The molecule has 8 heteroatoms. The number of aryl methyl sites for hydroxylation is 1. The summed E-state index contributed by atoms with van der Waals surface area (Å²) in [4.78, 5) is 2.26. The molecule has 2 saturated heterocycles. The summed E-state index contributed by atoms with van der Waals surface area (Å²) >= 11 is 0. The number of fused-ring (bicyclic) bond motifs is 2. The molecule has 1 saturated carbocycles. The minimum absolute atomic E-state index is 0.282. The summed E-state index contributed by atoms with van der Waals surface area (Å²) < 4.78 is 51.6. The SMILES string of the molecule is Cc1ccc(N2C[C@H]3COC[C@@H](C2)C3Cc2ccc(C(F)(F)F)cc2OCC2CC2)nn1. The number of nitrogens with zero attached hydrogens (tertiary/aromatic N) is 3. The fourth-order valence-corrected chi connectivity index (χ4v) is 4.88. The summed E-state index contributed by atoms with van der Waals surface area (Å²) in [5.41, 5.74) is 1.10. The van der Waals surface area contributed by atoms with Crippen LogP contribution in [0, 0.1) is 30.6 Å². The van der Waals surface area contributed by atoms with Crippen LogP contribution in [0.25, 0.3) is 0 Å². The molecule has 0 amide bonds. The van der Waals surface area contributed by atoms with E-state index >= 15 is 0 Å². The molecular formula is C24H28F3N3O2. The lowest BCUT2D eigenvalue weighted by Crippen LogP contribution is -2.53. The zero-order chi connectivity index (χ0) is 22.3. The van der Waals surface area contributed by atoms with Crippen molar-refractivity contribution in [2.75, 3.05) is 37.8 Å². The number of anilines is 1. The van der Waals surface area contributed by atoms with Crippen LogP contribution in [-0.4, -0.2) is 43.1 Å². The Morgan fingerprint density at radius 1 is 1.06 bits per heavy atom. The first-order valence-electron chi connectivity index (χ1n) is 11.3. The Kier molecular flexibility index (Phi) is 5.73. The summed E-state index contributed by atoms with van der Waals surface area (Å²) in [6, 6.07) is 7.94. The molecule has 0 spiro atoms. The lowest BCUT2D eigenvalue weighted by atomic mass is 9.73. The van der Waals surface area contributed by atoms with Gasteiger partial charge in [-0.3, -0.25) is 0 Å². The topological polar surface area (TPSA) is 47.5 Å². The van der Waals surface area contributed by atoms with Crippen LogP contribution in [0.2, 0.25) is 0 Å². The van der Waals surface area contributed by atoms with E-state index in [1.165, 1.54) is 12.1 Å². The highest BCUT2D eigenvalue weighted by atomic mass is 19.4. The van der Waals surface area contributed by atoms with Gasteiger partial charge in [-0.05, 0) is 67.9 Å². The van der Waals surface area contributed by atoms with E-state index in [1.807, 2.05) is 19.1 Å². The van der Waals surface area contributed by atoms with Gasteiger partial charge in [0.2, 0.25) is 0 Å². The van der Waals surface area contributed by atoms with Crippen molar-refractivity contribution in [2.24, 2.45) is 23.7 Å². The molecule has 1 aliphatic carbocycles. The van der Waals surface area contributed by atoms with Crippen molar-refractivity contribution in [1.29, 1.82) is 0 Å². The van der Waals surface area contributed by atoms with Crippen LogP contribution in [0.15, 0.2) is 30.3 Å². The van der Waals surface area contributed by atoms with Gasteiger partial charge in [0, 0.05) is 24.9 Å². The Labute approximate surface area is 185 Å². The van der Waals surface area contributed by atoms with Crippen molar-refractivity contribution < 1.29 is 22.6 Å². The van der Waals surface area contributed by atoms with Crippen LogP contribution in [0.1, 0.15) is 29.7 Å². The Morgan fingerprint density at radius 2 is 1.81 bits per heavy atom. The van der Waals surface area contributed by atoms with E-state index < -0.39 is 11.7 Å². The highest BCUT2D eigenvalue weighted by molar-refractivity contribution is 5.41. The van der Waals surface area contributed by atoms with Crippen LogP contribution < -0.4 is 9.64 Å². The third kappa shape index (κ3) is 4.70. The Balaban J connectivity index is 1.35. The van der Waals surface area contributed by atoms with Gasteiger partial charge in [0.05, 0.1) is 31.1 Å². The number of ether oxygens (including phenoxy) is 2. The fourth-order valence-electron chi connectivity index (χ4n) is 4.88. The van der Waals surface area contributed by atoms with E-state index in [4.69, 9.17) is 9.47 Å². The maximum atomic E-state index is 13.3. The molecule has 32 heavy (non-hydrogen) atoms. The van der Waals surface area contributed by atoms with E-state index in [-0.39, 0.29) is 11.8 Å². The Hall–Kier alpha value is -2.35. The predicted octanol–water partition coefficient (Wildman–Crippen LogP) is 4.53. The maximum absolute atomic E-state index is 13.3. The molecule has 3 fully saturated rings. The van der Waals surface area contributed by atoms with E-state index in [1.54, 1.807) is 6.07 Å². The summed E-state index contributed by atoms with van der Waals surface area (Å²) in [5.74, 6) is 2.63. The van der Waals surface area contributed by atoms with Gasteiger partial charge in [-0.2, -0.15) is 18.3 Å². The molecule has 3 atom stereocenters. The predicted molar refractivity (Wildman–Crippen MR) is 114 cm³/mol. The van der Waals surface area contributed by atoms with Crippen molar-refractivity contribution in [2.45, 2.75) is 32.4 Å². The number of aromatic nitrogens is 2. The highest BCUT2D eigenvalue weighted by Gasteiger charge is 2.41. The van der Waals surface area contributed by atoms with Gasteiger partial charge < -0.3 is 14.4 Å². The lowest BCUT2D eigenvalue weighted by molar-refractivity contribution is -0.137. The first kappa shape index (κ1) is 21.5. The second kappa shape index (κ2) is 8.54. The van der Waals surface area contributed by atoms with Crippen molar-refractivity contribution in [3.63, 3.8) is 0 Å². The quantitative estimate of drug-likeness (QED) is 0.651. The van der Waals surface area contributed by atoms with Gasteiger partial charge in [0.15, 0.2) is 5.82 Å². The molecule has 1 aromatic heterocycles. The molecule has 3 heterocycles. The molecule has 172 valence electrons. The van der Waals surface area contributed by atoms with Crippen molar-refractivity contribution in [3.8, 4) is 5.75 Å². The third-order valence-electron chi connectivity index (χ3n) is 6.91. The largest absolute Gasteiger partial charge is 0.493 e. The zero-order valence-corrected chi connectivity index (χ0v) is 18.1. The summed E-state index contributed by atoms with van der Waals surface area (Å²) in [6.07, 6.45) is -1.49. The standard InChI is InChI=1S/C24H28F3N3O2/c1-15-2-7-23(29-28-15)30-10-18-13-31-14-19(11-30)21(18)8-17-5-6-20(24(25,26)27)9-22(17)32-12-16-3-4-16/h2,5-7,9,16,18-19,21H,3-4,8,10-14H2,1H3/t18-,19+,21?. The van der Waals surface area contributed by atoms with E-state index in [0.717, 1.165) is 43.0 Å². The summed E-state index contributed by atoms with van der Waals surface area (Å²) in [7, 11) is 0. The van der Waals surface area contributed by atoms with Crippen molar-refractivity contribution >= 4 is 5.82 Å². The summed E-state index contributed by atoms with van der Waals surface area (Å²) in [5, 5.41) is 8.52. The number of halogens is 3. The van der Waals surface area contributed by atoms with Gasteiger partial charge in [-0.1, -0.05) is 6.07 Å². The molecule has 5 nitrogen and oxygen atoms in total. The average molecular weight is 448 g/mol. The average Bonchev–Trinajstić information content (AvgIpc) is 3.57. The van der Waals surface area contributed by atoms with E-state index in [2.05, 4.69) is 15.1 Å². The van der Waals surface area contributed by atoms with Crippen LogP contribution in [0.3, 0.4) is 0 Å². The van der Waals surface area contributed by atoms with Crippen molar-refractivity contribution in [3.05, 3.63) is 47.2 Å². The molecule has 0 radical (unpaired) electrons. The fraction of sp³-hybridized carbons (Fsp3) is 0.583. The Morgan fingerprint density at radius 3 is 2.44 bits per heavy atom. The number of benzene rings is 1. The van der Waals surface area contributed by atoms with Crippen LogP contribution in [0.4, 0.5) is 19.0 Å². The smallest absolute Gasteiger partial charge is 0.416 e. The molecule has 1 unspecified atom stereocenters. The number of hydrogen-bond donors (Lipinski definition) is 0. The van der Waals surface area contributed by atoms with E-state index in [0.29, 0.717) is 43.8 Å². The molecule has 5 rings (SSSR count). The minimum atomic E-state index is -4.37. The second-order valence-corrected chi connectivity index (χ2v) is 9.44. The van der Waals surface area contributed by atoms with Crippen LogP contribution >= 0.6 is 0 Å². The molecule has 2 bridgehead atoms. The third-order valence-corrected chi connectivity index (χ3v) is 6.91. The normalized spacial score (nSPS) is 25.6. The molecule has 0 N–H and O–H groups in total. The second-order valence-electron chi connectivity index (χ2n) is 9.44. The van der Waals surface area contributed by atoms with Crippen LogP contribution in [0.5, 0.6) is 5.75 Å². The first-order chi connectivity index (χ1) is 15.4.